The lowest BCUT2D eigenvalue weighted by molar-refractivity contribution is -0.904. The minimum atomic E-state index is 0.00500. The molecule has 1 saturated heterocycles. The second kappa shape index (κ2) is 8.99. The summed E-state index contributed by atoms with van der Waals surface area (Å²) in [7, 11) is 0. The van der Waals surface area contributed by atoms with E-state index in [0.29, 0.717) is 42.7 Å². The first-order valence-corrected chi connectivity index (χ1v) is 9.45. The summed E-state index contributed by atoms with van der Waals surface area (Å²) >= 11 is 0. The summed E-state index contributed by atoms with van der Waals surface area (Å²) in [5, 5.41) is 2.96. The molecule has 2 amide bonds. The number of rotatable bonds is 6. The van der Waals surface area contributed by atoms with Gasteiger partial charge in [-0.25, -0.2) is 0 Å². The molecule has 25 heavy (non-hydrogen) atoms. The SMILES string of the molecule is CCN(CC)C(=O)c1cccc(NC(=O)C[NH+]2C[C@@H](C)C[C@H](C)C2)c1. The number of carbonyl (C=O) groups excluding carboxylic acids is 2. The van der Waals surface area contributed by atoms with Crippen LogP contribution in [0.1, 0.15) is 44.5 Å². The third-order valence-electron chi connectivity index (χ3n) is 4.93. The number of nitrogens with one attached hydrogen (secondary N) is 2. The second-order valence-corrected chi connectivity index (χ2v) is 7.39. The van der Waals surface area contributed by atoms with E-state index in [1.807, 2.05) is 26.0 Å². The number of carbonyl (C=O) groups is 2. The monoisotopic (exact) mass is 346 g/mol. The molecule has 1 heterocycles. The number of amides is 2. The van der Waals surface area contributed by atoms with Crippen molar-refractivity contribution in [3.05, 3.63) is 29.8 Å². The van der Waals surface area contributed by atoms with Gasteiger partial charge in [-0.1, -0.05) is 19.9 Å². The normalized spacial score (nSPS) is 23.1. The summed E-state index contributed by atoms with van der Waals surface area (Å²) < 4.78 is 0. The number of piperidine rings is 1. The zero-order valence-corrected chi connectivity index (χ0v) is 16.0. The van der Waals surface area contributed by atoms with E-state index in [9.17, 15) is 9.59 Å². The number of anilines is 1. The molecule has 0 unspecified atom stereocenters. The van der Waals surface area contributed by atoms with Gasteiger partial charge >= 0.3 is 0 Å². The highest BCUT2D eigenvalue weighted by Gasteiger charge is 2.26. The first kappa shape index (κ1) is 19.4. The van der Waals surface area contributed by atoms with Crippen molar-refractivity contribution in [1.29, 1.82) is 0 Å². The van der Waals surface area contributed by atoms with Gasteiger partial charge in [0.25, 0.3) is 11.8 Å². The van der Waals surface area contributed by atoms with Crippen molar-refractivity contribution < 1.29 is 14.5 Å². The molecule has 0 spiro atoms. The Morgan fingerprint density at radius 3 is 2.40 bits per heavy atom. The molecule has 5 nitrogen and oxygen atoms in total. The van der Waals surface area contributed by atoms with Crippen molar-refractivity contribution in [2.45, 2.75) is 34.1 Å². The first-order chi connectivity index (χ1) is 11.9. The van der Waals surface area contributed by atoms with Crippen LogP contribution in [0.3, 0.4) is 0 Å². The Kier molecular flexibility index (Phi) is 7.00. The van der Waals surface area contributed by atoms with Crippen molar-refractivity contribution in [3.8, 4) is 0 Å². The van der Waals surface area contributed by atoms with Gasteiger partial charge in [-0.05, 0) is 38.5 Å². The van der Waals surface area contributed by atoms with Gasteiger partial charge < -0.3 is 15.1 Å². The zero-order valence-electron chi connectivity index (χ0n) is 16.0. The molecular weight excluding hydrogens is 314 g/mol. The summed E-state index contributed by atoms with van der Waals surface area (Å²) in [6.07, 6.45) is 1.25. The average Bonchev–Trinajstić information content (AvgIpc) is 2.55. The fraction of sp³-hybridized carbons (Fsp3) is 0.600. The minimum Gasteiger partial charge on any atom is -0.339 e. The van der Waals surface area contributed by atoms with Crippen LogP contribution in [0.4, 0.5) is 5.69 Å². The van der Waals surface area contributed by atoms with E-state index in [-0.39, 0.29) is 11.8 Å². The molecule has 0 aromatic heterocycles. The Labute approximate surface area is 151 Å². The Morgan fingerprint density at radius 2 is 1.80 bits per heavy atom. The van der Waals surface area contributed by atoms with Crippen LogP contribution in [0.25, 0.3) is 0 Å². The van der Waals surface area contributed by atoms with Crippen molar-refractivity contribution in [2.75, 3.05) is 38.0 Å². The summed E-state index contributed by atoms with van der Waals surface area (Å²) in [4.78, 5) is 28.0. The van der Waals surface area contributed by atoms with E-state index >= 15 is 0 Å². The van der Waals surface area contributed by atoms with Crippen molar-refractivity contribution in [2.24, 2.45) is 11.8 Å². The molecule has 0 saturated carbocycles. The predicted molar refractivity (Wildman–Crippen MR) is 101 cm³/mol. The summed E-state index contributed by atoms with van der Waals surface area (Å²) in [6, 6.07) is 7.24. The van der Waals surface area contributed by atoms with Gasteiger partial charge in [0, 0.05) is 36.2 Å². The van der Waals surface area contributed by atoms with E-state index in [2.05, 4.69) is 19.2 Å². The van der Waals surface area contributed by atoms with Crippen LogP contribution in [-0.4, -0.2) is 49.4 Å². The number of hydrogen-bond acceptors (Lipinski definition) is 2. The Balaban J connectivity index is 1.97. The molecule has 1 aromatic rings. The Morgan fingerprint density at radius 1 is 1.16 bits per heavy atom. The highest BCUT2D eigenvalue weighted by atomic mass is 16.2. The third-order valence-corrected chi connectivity index (χ3v) is 4.93. The number of quaternary nitrogens is 1. The van der Waals surface area contributed by atoms with Crippen LogP contribution in [0.15, 0.2) is 24.3 Å². The molecule has 1 aromatic carbocycles. The Hall–Kier alpha value is -1.88. The summed E-state index contributed by atoms with van der Waals surface area (Å²) in [6.45, 7) is 12.4. The molecular formula is C20H32N3O2+. The lowest BCUT2D eigenvalue weighted by Crippen LogP contribution is -3.15. The molecule has 2 atom stereocenters. The van der Waals surface area contributed by atoms with Gasteiger partial charge in [-0.15, -0.1) is 0 Å². The van der Waals surface area contributed by atoms with Crippen LogP contribution >= 0.6 is 0 Å². The van der Waals surface area contributed by atoms with Gasteiger partial charge in [0.15, 0.2) is 6.54 Å². The maximum absolute atomic E-state index is 12.4. The van der Waals surface area contributed by atoms with E-state index in [1.165, 1.54) is 11.3 Å². The van der Waals surface area contributed by atoms with Gasteiger partial charge in [-0.2, -0.15) is 0 Å². The quantitative estimate of drug-likeness (QED) is 0.823. The number of benzene rings is 1. The maximum atomic E-state index is 12.4. The van der Waals surface area contributed by atoms with Crippen molar-refractivity contribution in [1.82, 2.24) is 4.90 Å². The number of hydrogen-bond donors (Lipinski definition) is 2. The van der Waals surface area contributed by atoms with Crippen molar-refractivity contribution >= 4 is 17.5 Å². The highest BCUT2D eigenvalue weighted by molar-refractivity contribution is 5.97. The van der Waals surface area contributed by atoms with Gasteiger partial charge in [0.1, 0.15) is 0 Å². The molecule has 138 valence electrons. The summed E-state index contributed by atoms with van der Waals surface area (Å²) in [5.41, 5.74) is 1.31. The molecule has 1 fully saturated rings. The topological polar surface area (TPSA) is 53.9 Å². The van der Waals surface area contributed by atoms with E-state index in [1.54, 1.807) is 17.0 Å². The zero-order chi connectivity index (χ0) is 18.4. The minimum absolute atomic E-state index is 0.00500. The van der Waals surface area contributed by atoms with Gasteiger partial charge in [-0.3, -0.25) is 9.59 Å². The van der Waals surface area contributed by atoms with E-state index in [4.69, 9.17) is 0 Å². The molecule has 0 radical (unpaired) electrons. The largest absolute Gasteiger partial charge is 0.339 e. The molecule has 0 aliphatic carbocycles. The van der Waals surface area contributed by atoms with Crippen molar-refractivity contribution in [3.63, 3.8) is 0 Å². The number of nitrogens with zero attached hydrogens (tertiary/aromatic N) is 1. The van der Waals surface area contributed by atoms with Crippen LogP contribution in [-0.2, 0) is 4.79 Å². The van der Waals surface area contributed by atoms with Gasteiger partial charge in [0.05, 0.1) is 13.1 Å². The van der Waals surface area contributed by atoms with Gasteiger partial charge in [0.2, 0.25) is 0 Å². The van der Waals surface area contributed by atoms with Crippen LogP contribution in [0.5, 0.6) is 0 Å². The lowest BCUT2D eigenvalue weighted by Gasteiger charge is -2.31. The smallest absolute Gasteiger partial charge is 0.279 e. The lowest BCUT2D eigenvalue weighted by atomic mass is 9.92. The molecule has 2 N–H and O–H groups in total. The average molecular weight is 346 g/mol. The standard InChI is InChI=1S/C20H31N3O2/c1-5-23(6-2)20(25)17-8-7-9-18(11-17)21-19(24)14-22-12-15(3)10-16(4)13-22/h7-9,11,15-16H,5-6,10,12-14H2,1-4H3,(H,21,24)/p+1/t15-,16-/m0/s1. The fourth-order valence-electron chi connectivity index (χ4n) is 3.92. The highest BCUT2D eigenvalue weighted by Crippen LogP contribution is 2.14. The maximum Gasteiger partial charge on any atom is 0.279 e. The molecule has 0 bridgehead atoms. The molecule has 1 aliphatic heterocycles. The van der Waals surface area contributed by atoms with E-state index in [0.717, 1.165) is 13.1 Å². The first-order valence-electron chi connectivity index (χ1n) is 9.45. The molecule has 5 heteroatoms. The summed E-state index contributed by atoms with van der Waals surface area (Å²) in [5.74, 6) is 1.36. The fourth-order valence-corrected chi connectivity index (χ4v) is 3.92. The van der Waals surface area contributed by atoms with Crippen LogP contribution < -0.4 is 10.2 Å². The predicted octanol–water partition coefficient (Wildman–Crippen LogP) is 1.67. The molecule has 2 rings (SSSR count). The second-order valence-electron chi connectivity index (χ2n) is 7.39. The Bertz CT molecular complexity index is 588. The molecule has 1 aliphatic rings. The van der Waals surface area contributed by atoms with E-state index < -0.39 is 0 Å². The third kappa shape index (κ3) is 5.56. The van der Waals surface area contributed by atoms with Crippen LogP contribution in [0.2, 0.25) is 0 Å². The number of likely N-dealkylation sites (tertiary alicyclic amines) is 1. The van der Waals surface area contributed by atoms with Crippen LogP contribution in [0, 0.1) is 11.8 Å².